The monoisotopic (exact) mass is 343 g/mol. The molecule has 1 aliphatic carbocycles. The van der Waals surface area contributed by atoms with Crippen molar-refractivity contribution < 1.29 is 4.74 Å². The van der Waals surface area contributed by atoms with Gasteiger partial charge in [-0.25, -0.2) is 4.98 Å². The molecule has 2 atom stereocenters. The van der Waals surface area contributed by atoms with E-state index in [2.05, 4.69) is 32.4 Å². The molecule has 2 aromatic heterocycles. The molecule has 1 saturated carbocycles. The van der Waals surface area contributed by atoms with Gasteiger partial charge in [-0.3, -0.25) is 9.88 Å². The van der Waals surface area contributed by atoms with Crippen molar-refractivity contribution in [1.82, 2.24) is 14.9 Å². The zero-order valence-electron chi connectivity index (χ0n) is 14.3. The van der Waals surface area contributed by atoms with Gasteiger partial charge in [-0.1, -0.05) is 6.42 Å². The van der Waals surface area contributed by atoms with Crippen molar-refractivity contribution in [3.8, 4) is 0 Å². The lowest BCUT2D eigenvalue weighted by atomic mass is 9.81. The Kier molecular flexibility index (Phi) is 4.66. The first-order valence-electron chi connectivity index (χ1n) is 8.84. The summed E-state index contributed by atoms with van der Waals surface area (Å²) in [7, 11) is 0. The van der Waals surface area contributed by atoms with Gasteiger partial charge in [0.15, 0.2) is 0 Å². The molecule has 1 saturated heterocycles. The van der Waals surface area contributed by atoms with E-state index in [1.165, 1.54) is 31.4 Å². The van der Waals surface area contributed by atoms with E-state index in [0.717, 1.165) is 36.3 Å². The number of thiazole rings is 1. The van der Waals surface area contributed by atoms with E-state index >= 15 is 0 Å². The largest absolute Gasteiger partial charge is 0.374 e. The molecule has 4 nitrogen and oxygen atoms in total. The molecule has 24 heavy (non-hydrogen) atoms. The lowest BCUT2D eigenvalue weighted by molar-refractivity contribution is 0.0254. The second kappa shape index (κ2) is 6.90. The number of nitrogens with zero attached hydrogens (tertiary/aromatic N) is 3. The molecule has 0 N–H and O–H groups in total. The van der Waals surface area contributed by atoms with Crippen LogP contribution in [0.1, 0.15) is 35.5 Å². The maximum Gasteiger partial charge on any atom is 0.0898 e. The van der Waals surface area contributed by atoms with Crippen LogP contribution >= 0.6 is 11.3 Å². The highest BCUT2D eigenvalue weighted by molar-refractivity contribution is 7.09. The van der Waals surface area contributed by atoms with Gasteiger partial charge in [0, 0.05) is 42.8 Å². The standard InChI is InChI=1S/C19H25N3OS/c1-15-21-18(12-24-15)11-23-14-19-6-2-3-17(19)10-22(13-19)9-16-4-7-20-8-5-16/h4-5,7-8,12,17H,2-3,6,9-11,13-14H2,1H3/t17-,19+/m1/s1. The molecule has 5 heteroatoms. The first-order valence-corrected chi connectivity index (χ1v) is 9.71. The van der Waals surface area contributed by atoms with E-state index in [9.17, 15) is 0 Å². The lowest BCUT2D eigenvalue weighted by Gasteiger charge is -2.28. The van der Waals surface area contributed by atoms with E-state index in [1.54, 1.807) is 11.3 Å². The van der Waals surface area contributed by atoms with Crippen LogP contribution in [0.3, 0.4) is 0 Å². The van der Waals surface area contributed by atoms with Crippen molar-refractivity contribution in [3.63, 3.8) is 0 Å². The smallest absolute Gasteiger partial charge is 0.0898 e. The van der Waals surface area contributed by atoms with Gasteiger partial charge in [0.05, 0.1) is 23.9 Å². The minimum absolute atomic E-state index is 0.359. The third-order valence-corrected chi connectivity index (χ3v) is 6.39. The van der Waals surface area contributed by atoms with Gasteiger partial charge in [0.25, 0.3) is 0 Å². The van der Waals surface area contributed by atoms with Crippen molar-refractivity contribution in [2.45, 2.75) is 39.3 Å². The zero-order valence-corrected chi connectivity index (χ0v) is 15.1. The summed E-state index contributed by atoms with van der Waals surface area (Å²) in [6.45, 7) is 6.99. The summed E-state index contributed by atoms with van der Waals surface area (Å²) >= 11 is 1.70. The minimum Gasteiger partial charge on any atom is -0.374 e. The fourth-order valence-corrected chi connectivity index (χ4v) is 5.06. The average molecular weight is 343 g/mol. The van der Waals surface area contributed by atoms with Crippen LogP contribution in [0.2, 0.25) is 0 Å². The maximum absolute atomic E-state index is 6.13. The number of fused-ring (bicyclic) bond motifs is 1. The Labute approximate surface area is 147 Å². The fraction of sp³-hybridized carbons (Fsp3) is 0.579. The number of likely N-dealkylation sites (tertiary alicyclic amines) is 1. The molecule has 1 aliphatic heterocycles. The highest BCUT2D eigenvalue weighted by Gasteiger charge is 2.49. The predicted molar refractivity (Wildman–Crippen MR) is 95.8 cm³/mol. The number of rotatable bonds is 6. The van der Waals surface area contributed by atoms with Crippen molar-refractivity contribution >= 4 is 11.3 Å². The van der Waals surface area contributed by atoms with Gasteiger partial charge in [0.1, 0.15) is 0 Å². The van der Waals surface area contributed by atoms with Crippen LogP contribution in [0.4, 0.5) is 0 Å². The Morgan fingerprint density at radius 3 is 3.04 bits per heavy atom. The van der Waals surface area contributed by atoms with E-state index in [-0.39, 0.29) is 0 Å². The Morgan fingerprint density at radius 2 is 2.25 bits per heavy atom. The second-order valence-corrected chi connectivity index (χ2v) is 8.39. The summed E-state index contributed by atoms with van der Waals surface area (Å²) in [5.41, 5.74) is 2.80. The summed E-state index contributed by atoms with van der Waals surface area (Å²) in [4.78, 5) is 11.2. The number of hydrogen-bond acceptors (Lipinski definition) is 5. The summed E-state index contributed by atoms with van der Waals surface area (Å²) in [5, 5.41) is 3.23. The lowest BCUT2D eigenvalue weighted by Crippen LogP contribution is -2.32. The molecule has 3 heterocycles. The van der Waals surface area contributed by atoms with Gasteiger partial charge in [-0.05, 0) is 43.4 Å². The Hall–Kier alpha value is -1.30. The second-order valence-electron chi connectivity index (χ2n) is 7.33. The summed E-state index contributed by atoms with van der Waals surface area (Å²) in [6.07, 6.45) is 7.79. The van der Waals surface area contributed by atoms with Crippen molar-refractivity contribution in [1.29, 1.82) is 0 Å². The molecular weight excluding hydrogens is 318 g/mol. The maximum atomic E-state index is 6.13. The van der Waals surface area contributed by atoms with E-state index in [0.29, 0.717) is 12.0 Å². The van der Waals surface area contributed by atoms with Gasteiger partial charge >= 0.3 is 0 Å². The van der Waals surface area contributed by atoms with Gasteiger partial charge < -0.3 is 4.74 Å². The Bertz CT molecular complexity index is 674. The molecule has 0 unspecified atom stereocenters. The highest BCUT2D eigenvalue weighted by atomic mass is 32.1. The summed E-state index contributed by atoms with van der Waals surface area (Å²) < 4.78 is 6.13. The number of aryl methyl sites for hydroxylation is 1. The van der Waals surface area contributed by atoms with Crippen LogP contribution in [0.25, 0.3) is 0 Å². The minimum atomic E-state index is 0.359. The summed E-state index contributed by atoms with van der Waals surface area (Å²) in [5.74, 6) is 0.788. The first kappa shape index (κ1) is 16.2. The molecular formula is C19H25N3OS. The number of ether oxygens (including phenoxy) is 1. The van der Waals surface area contributed by atoms with Crippen LogP contribution in [0.5, 0.6) is 0 Å². The quantitative estimate of drug-likeness (QED) is 0.802. The summed E-state index contributed by atoms with van der Waals surface area (Å²) in [6, 6.07) is 4.25. The fourth-order valence-electron chi connectivity index (χ4n) is 4.46. The zero-order chi connectivity index (χ0) is 16.4. The van der Waals surface area contributed by atoms with E-state index < -0.39 is 0 Å². The van der Waals surface area contributed by atoms with Gasteiger partial charge in [0.2, 0.25) is 0 Å². The van der Waals surface area contributed by atoms with Crippen LogP contribution in [0, 0.1) is 18.3 Å². The molecule has 2 aromatic rings. The number of aromatic nitrogens is 2. The molecule has 2 aliphatic rings. The molecule has 0 bridgehead atoms. The normalized spacial score (nSPS) is 26.8. The Balaban J connectivity index is 1.35. The Morgan fingerprint density at radius 1 is 1.38 bits per heavy atom. The van der Waals surface area contributed by atoms with Crippen molar-refractivity contribution in [2.75, 3.05) is 19.7 Å². The molecule has 0 aromatic carbocycles. The van der Waals surface area contributed by atoms with Crippen LogP contribution in [0.15, 0.2) is 29.9 Å². The third-order valence-electron chi connectivity index (χ3n) is 5.57. The number of hydrogen-bond donors (Lipinski definition) is 0. The van der Waals surface area contributed by atoms with E-state index in [4.69, 9.17) is 4.74 Å². The molecule has 128 valence electrons. The van der Waals surface area contributed by atoms with Crippen molar-refractivity contribution in [3.05, 3.63) is 46.2 Å². The predicted octanol–water partition coefficient (Wildman–Crippen LogP) is 3.67. The van der Waals surface area contributed by atoms with Crippen LogP contribution in [-0.4, -0.2) is 34.6 Å². The molecule has 2 fully saturated rings. The first-order chi connectivity index (χ1) is 11.7. The van der Waals surface area contributed by atoms with Gasteiger partial charge in [-0.15, -0.1) is 11.3 Å². The van der Waals surface area contributed by atoms with Crippen molar-refractivity contribution in [2.24, 2.45) is 11.3 Å². The average Bonchev–Trinajstić information content (AvgIpc) is 3.23. The molecule has 0 amide bonds. The SMILES string of the molecule is Cc1nc(COC[C@@]23CCC[C@@H]2CN(Cc2ccncc2)C3)cs1. The number of pyridine rings is 1. The van der Waals surface area contributed by atoms with Crippen LogP contribution < -0.4 is 0 Å². The molecule has 4 rings (SSSR count). The van der Waals surface area contributed by atoms with Crippen LogP contribution in [-0.2, 0) is 17.9 Å². The highest BCUT2D eigenvalue weighted by Crippen LogP contribution is 2.49. The van der Waals surface area contributed by atoms with Gasteiger partial charge in [-0.2, -0.15) is 0 Å². The topological polar surface area (TPSA) is 38.2 Å². The third kappa shape index (κ3) is 3.39. The van der Waals surface area contributed by atoms with E-state index in [1.807, 2.05) is 19.3 Å². The molecule has 0 spiro atoms. The molecule has 0 radical (unpaired) electrons.